The number of nitrogens with one attached hydrogen (secondary N) is 5. The Labute approximate surface area is 230 Å². The Morgan fingerprint density at radius 2 is 1.62 bits per heavy atom. The molecule has 14 heteroatoms. The molecule has 0 radical (unpaired) electrons. The fourth-order valence-electron chi connectivity index (χ4n) is 4.23. The lowest BCUT2D eigenvalue weighted by Crippen LogP contribution is -2.58. The Morgan fingerprint density at radius 3 is 2.30 bits per heavy atom. The van der Waals surface area contributed by atoms with Gasteiger partial charge >= 0.3 is 5.97 Å². The zero-order chi connectivity index (χ0) is 29.1. The van der Waals surface area contributed by atoms with Crippen molar-refractivity contribution >= 4 is 34.6 Å². The van der Waals surface area contributed by atoms with Crippen LogP contribution in [0.5, 0.6) is 0 Å². The zero-order valence-corrected chi connectivity index (χ0v) is 21.9. The van der Waals surface area contributed by atoms with Crippen molar-refractivity contribution in [2.45, 2.75) is 56.3 Å². The van der Waals surface area contributed by atoms with Crippen molar-refractivity contribution in [1.29, 1.82) is 0 Å². The summed E-state index contributed by atoms with van der Waals surface area (Å²) in [6, 6.07) is 2.84. The van der Waals surface area contributed by atoms with Crippen molar-refractivity contribution < 1.29 is 29.4 Å². The molecular weight excluding hydrogens is 520 g/mol. The van der Waals surface area contributed by atoms with E-state index in [1.165, 1.54) is 12.5 Å². The van der Waals surface area contributed by atoms with Crippen LogP contribution in [0.15, 0.2) is 43.0 Å². The first-order chi connectivity index (χ1) is 19.2. The van der Waals surface area contributed by atoms with Crippen molar-refractivity contribution in [2.75, 3.05) is 13.2 Å². The van der Waals surface area contributed by atoms with E-state index < -0.39 is 54.5 Å². The number of aliphatic hydroxyl groups is 1. The molecule has 40 heavy (non-hydrogen) atoms. The number of carboxylic acid groups (broad SMARTS) is 1. The van der Waals surface area contributed by atoms with Gasteiger partial charge in [0.15, 0.2) is 0 Å². The van der Waals surface area contributed by atoms with Crippen LogP contribution in [0.2, 0.25) is 0 Å². The third kappa shape index (κ3) is 8.36. The number of unbranched alkanes of at least 4 members (excludes halogenated alkanes) is 1. The number of nitrogens with two attached hydrogens (primary N) is 2. The number of carbonyl (C=O) groups excluding carboxylic acids is 3. The van der Waals surface area contributed by atoms with Crippen molar-refractivity contribution in [2.24, 2.45) is 11.5 Å². The maximum atomic E-state index is 13.4. The average molecular weight is 557 g/mol. The molecule has 3 aromatic rings. The first-order valence-electron chi connectivity index (χ1n) is 13.0. The normalized spacial score (nSPS) is 14.2. The van der Waals surface area contributed by atoms with Crippen molar-refractivity contribution in [3.05, 3.63) is 54.2 Å². The zero-order valence-electron chi connectivity index (χ0n) is 21.9. The second-order valence-corrected chi connectivity index (χ2v) is 9.44. The van der Waals surface area contributed by atoms with Gasteiger partial charge in [-0.15, -0.1) is 0 Å². The van der Waals surface area contributed by atoms with E-state index in [-0.39, 0.29) is 19.3 Å². The van der Waals surface area contributed by atoms with E-state index in [0.29, 0.717) is 25.1 Å². The molecule has 0 saturated heterocycles. The maximum Gasteiger partial charge on any atom is 0.328 e. The van der Waals surface area contributed by atoms with Crippen molar-refractivity contribution in [1.82, 2.24) is 30.9 Å². The summed E-state index contributed by atoms with van der Waals surface area (Å²) < 4.78 is 0. The van der Waals surface area contributed by atoms with Crippen LogP contribution >= 0.6 is 0 Å². The molecule has 4 atom stereocenters. The Balaban J connectivity index is 1.73. The average Bonchev–Trinajstić information content (AvgIpc) is 3.60. The smallest absolute Gasteiger partial charge is 0.328 e. The van der Waals surface area contributed by atoms with E-state index in [0.717, 1.165) is 16.5 Å². The highest BCUT2D eigenvalue weighted by molar-refractivity contribution is 5.94. The number of nitrogens with zero attached hydrogens (tertiary/aromatic N) is 1. The molecule has 14 nitrogen and oxygen atoms in total. The number of aromatic nitrogens is 3. The second-order valence-electron chi connectivity index (χ2n) is 9.44. The van der Waals surface area contributed by atoms with Crippen LogP contribution in [-0.4, -0.2) is 86.2 Å². The molecule has 4 unspecified atom stereocenters. The highest BCUT2D eigenvalue weighted by atomic mass is 16.4. The summed E-state index contributed by atoms with van der Waals surface area (Å²) in [6.07, 6.45) is 6.17. The first-order valence-corrected chi connectivity index (χ1v) is 13.0. The SMILES string of the molecule is NCCCCC(NC(=O)C(Cc1cnc[nH]1)NC(=O)C(N)Cc1c[nH]c2ccccc12)C(=O)NC(CO)C(=O)O. The molecule has 11 N–H and O–H groups in total. The van der Waals surface area contributed by atoms with E-state index in [2.05, 4.69) is 30.9 Å². The molecule has 2 aromatic heterocycles. The van der Waals surface area contributed by atoms with E-state index in [1.54, 1.807) is 6.20 Å². The molecule has 0 bridgehead atoms. The van der Waals surface area contributed by atoms with Gasteiger partial charge in [-0.2, -0.15) is 0 Å². The number of carbonyl (C=O) groups is 4. The van der Waals surface area contributed by atoms with Crippen molar-refractivity contribution in [3.8, 4) is 0 Å². The van der Waals surface area contributed by atoms with Crippen LogP contribution < -0.4 is 27.4 Å². The molecule has 3 amide bonds. The summed E-state index contributed by atoms with van der Waals surface area (Å²) in [5.41, 5.74) is 14.1. The van der Waals surface area contributed by atoms with Gasteiger partial charge in [-0.05, 0) is 43.9 Å². The van der Waals surface area contributed by atoms with Gasteiger partial charge in [0, 0.05) is 35.4 Å². The third-order valence-corrected chi connectivity index (χ3v) is 6.44. The molecule has 0 aliphatic rings. The predicted octanol–water partition coefficient (Wildman–Crippen LogP) is -1.34. The highest BCUT2D eigenvalue weighted by Crippen LogP contribution is 2.19. The number of amides is 3. The van der Waals surface area contributed by atoms with E-state index in [4.69, 9.17) is 11.5 Å². The Bertz CT molecular complexity index is 1280. The monoisotopic (exact) mass is 556 g/mol. The van der Waals surface area contributed by atoms with Gasteiger partial charge in [-0.1, -0.05) is 18.2 Å². The molecule has 0 aliphatic heterocycles. The summed E-state index contributed by atoms with van der Waals surface area (Å²) in [5, 5.41) is 26.9. The number of fused-ring (bicyclic) bond motifs is 1. The first kappa shape index (κ1) is 30.3. The number of rotatable bonds is 16. The topological polar surface area (TPSA) is 241 Å². The molecule has 1 aromatic carbocycles. The number of para-hydroxylation sites is 1. The molecule has 2 heterocycles. The number of aliphatic hydroxyl groups excluding tert-OH is 1. The standard InChI is InChI=1S/C26H36N8O6/c27-8-4-3-7-20(24(37)34-22(13-35)26(39)40)32-25(38)21(10-16-12-29-14-31-16)33-23(36)18(28)9-15-11-30-19-6-2-1-5-17(15)19/h1-2,5-6,11-12,14,18,20-22,30,35H,3-4,7-10,13,27-28H2,(H,29,31)(H,32,38)(H,33,36)(H,34,37)(H,39,40). The number of benzene rings is 1. The minimum absolute atomic E-state index is 0.0307. The molecule has 0 saturated carbocycles. The van der Waals surface area contributed by atoms with Crippen LogP contribution in [0, 0.1) is 0 Å². The van der Waals surface area contributed by atoms with Gasteiger partial charge in [0.05, 0.1) is 19.0 Å². The molecule has 0 aliphatic carbocycles. The summed E-state index contributed by atoms with van der Waals surface area (Å²) in [6.45, 7) is -0.457. The summed E-state index contributed by atoms with van der Waals surface area (Å²) >= 11 is 0. The third-order valence-electron chi connectivity index (χ3n) is 6.44. The fraction of sp³-hybridized carbons (Fsp3) is 0.423. The maximum absolute atomic E-state index is 13.4. The second kappa shape index (κ2) is 14.8. The van der Waals surface area contributed by atoms with E-state index in [9.17, 15) is 29.4 Å². The number of aromatic amines is 2. The number of hydrogen-bond acceptors (Lipinski definition) is 8. The number of aliphatic carboxylic acids is 1. The Kier molecular flexibility index (Phi) is 11.2. The summed E-state index contributed by atoms with van der Waals surface area (Å²) in [5.74, 6) is -3.45. The van der Waals surface area contributed by atoms with Gasteiger partial charge in [0.2, 0.25) is 17.7 Å². The molecule has 0 fully saturated rings. The van der Waals surface area contributed by atoms with Gasteiger partial charge in [0.1, 0.15) is 18.1 Å². The Hall–Kier alpha value is -4.27. The lowest BCUT2D eigenvalue weighted by Gasteiger charge is -2.25. The van der Waals surface area contributed by atoms with Crippen LogP contribution in [0.4, 0.5) is 0 Å². The van der Waals surface area contributed by atoms with Crippen LogP contribution in [0.3, 0.4) is 0 Å². The quantitative estimate of drug-likeness (QED) is 0.0947. The predicted molar refractivity (Wildman–Crippen MR) is 146 cm³/mol. The molecule has 216 valence electrons. The van der Waals surface area contributed by atoms with E-state index in [1.807, 2.05) is 24.3 Å². The Morgan fingerprint density at radius 1 is 0.925 bits per heavy atom. The summed E-state index contributed by atoms with van der Waals surface area (Å²) in [7, 11) is 0. The van der Waals surface area contributed by atoms with Gasteiger partial charge in [-0.3, -0.25) is 14.4 Å². The number of H-pyrrole nitrogens is 2. The number of hydrogen-bond donors (Lipinski definition) is 9. The lowest BCUT2D eigenvalue weighted by molar-refractivity contribution is -0.143. The summed E-state index contributed by atoms with van der Waals surface area (Å²) in [4.78, 5) is 60.6. The molecule has 0 spiro atoms. The van der Waals surface area contributed by atoms with Crippen LogP contribution in [-0.2, 0) is 32.0 Å². The largest absolute Gasteiger partial charge is 0.480 e. The van der Waals surface area contributed by atoms with Gasteiger partial charge < -0.3 is 47.6 Å². The highest BCUT2D eigenvalue weighted by Gasteiger charge is 2.30. The van der Waals surface area contributed by atoms with Crippen LogP contribution in [0.25, 0.3) is 10.9 Å². The fourth-order valence-corrected chi connectivity index (χ4v) is 4.23. The number of imidazole rings is 1. The van der Waals surface area contributed by atoms with E-state index >= 15 is 0 Å². The van der Waals surface area contributed by atoms with Gasteiger partial charge in [-0.25, -0.2) is 9.78 Å². The molecular formula is C26H36N8O6. The van der Waals surface area contributed by atoms with Crippen molar-refractivity contribution in [3.63, 3.8) is 0 Å². The van der Waals surface area contributed by atoms with Gasteiger partial charge in [0.25, 0.3) is 0 Å². The van der Waals surface area contributed by atoms with Crippen LogP contribution in [0.1, 0.15) is 30.5 Å². The molecule has 3 rings (SSSR count). The minimum atomic E-state index is -1.54. The minimum Gasteiger partial charge on any atom is -0.480 e. The number of carboxylic acids is 1. The lowest BCUT2D eigenvalue weighted by atomic mass is 10.0.